The highest BCUT2D eigenvalue weighted by Crippen LogP contribution is 2.28. The summed E-state index contributed by atoms with van der Waals surface area (Å²) >= 11 is 0. The van der Waals surface area contributed by atoms with Crippen molar-refractivity contribution in [2.75, 3.05) is 13.1 Å². The maximum absolute atomic E-state index is 12.0. The molecule has 1 saturated carbocycles. The molecule has 0 aliphatic heterocycles. The van der Waals surface area contributed by atoms with Crippen molar-refractivity contribution in [1.82, 2.24) is 5.32 Å². The van der Waals surface area contributed by atoms with E-state index in [2.05, 4.69) is 17.2 Å². The smallest absolute Gasteiger partial charge is 0.220 e. The van der Waals surface area contributed by atoms with Crippen molar-refractivity contribution in [1.29, 1.82) is 0 Å². The van der Waals surface area contributed by atoms with Crippen LogP contribution in [0.3, 0.4) is 0 Å². The van der Waals surface area contributed by atoms with Gasteiger partial charge in [0.1, 0.15) is 0 Å². The Morgan fingerprint density at radius 1 is 0.821 bits per heavy atom. The maximum atomic E-state index is 12.0. The van der Waals surface area contributed by atoms with Gasteiger partial charge in [-0.3, -0.25) is 9.79 Å². The summed E-state index contributed by atoms with van der Waals surface area (Å²) < 4.78 is 0. The molecule has 1 aliphatic rings. The predicted octanol–water partition coefficient (Wildman–Crippen LogP) is 4.88. The Labute approximate surface area is 173 Å². The van der Waals surface area contributed by atoms with Crippen molar-refractivity contribution in [3.05, 3.63) is 0 Å². The summed E-state index contributed by atoms with van der Waals surface area (Å²) in [6.45, 7) is 3.86. The van der Waals surface area contributed by atoms with Gasteiger partial charge in [0, 0.05) is 19.5 Å². The average Bonchev–Trinajstić information content (AvgIpc) is 2.69. The largest absolute Gasteiger partial charge is 0.370 e. The molecule has 0 heterocycles. The number of hydrogen-bond acceptors (Lipinski definition) is 2. The normalized spacial score (nSPS) is 19.3. The summed E-state index contributed by atoms with van der Waals surface area (Å²) in [6.07, 6.45) is 19.9. The number of unbranched alkanes of at least 4 members (excludes halogenated alkanes) is 10. The minimum Gasteiger partial charge on any atom is -0.370 e. The number of nitrogens with zero attached hydrogens (tertiary/aromatic N) is 1. The van der Waals surface area contributed by atoms with Gasteiger partial charge in [-0.2, -0.15) is 0 Å². The van der Waals surface area contributed by atoms with Gasteiger partial charge in [0.15, 0.2) is 5.96 Å². The third-order valence-corrected chi connectivity index (χ3v) is 6.09. The molecule has 0 aromatic rings. The Morgan fingerprint density at radius 3 is 1.86 bits per heavy atom. The highest BCUT2D eigenvalue weighted by atomic mass is 16.1. The van der Waals surface area contributed by atoms with E-state index in [0.29, 0.717) is 18.3 Å². The van der Waals surface area contributed by atoms with Gasteiger partial charge in [-0.05, 0) is 43.9 Å². The van der Waals surface area contributed by atoms with E-state index in [-0.39, 0.29) is 11.9 Å². The van der Waals surface area contributed by atoms with Crippen LogP contribution >= 0.6 is 0 Å². The van der Waals surface area contributed by atoms with E-state index >= 15 is 0 Å². The Morgan fingerprint density at radius 2 is 1.32 bits per heavy atom. The Kier molecular flexibility index (Phi) is 14.8. The molecule has 0 spiro atoms. The summed E-state index contributed by atoms with van der Waals surface area (Å²) in [7, 11) is 0. The van der Waals surface area contributed by atoms with Gasteiger partial charge < -0.3 is 16.8 Å². The second-order valence-corrected chi connectivity index (χ2v) is 8.74. The molecule has 5 nitrogen and oxygen atoms in total. The monoisotopic (exact) mass is 394 g/mol. The maximum Gasteiger partial charge on any atom is 0.220 e. The van der Waals surface area contributed by atoms with E-state index < -0.39 is 0 Å². The number of carbonyl (C=O) groups is 1. The van der Waals surface area contributed by atoms with Crippen LogP contribution in [-0.2, 0) is 4.79 Å². The number of nitrogens with two attached hydrogens (primary N) is 2. The summed E-state index contributed by atoms with van der Waals surface area (Å²) in [6, 6.07) is 0. The summed E-state index contributed by atoms with van der Waals surface area (Å²) in [5.74, 6) is 1.65. The first-order valence-electron chi connectivity index (χ1n) is 11.9. The van der Waals surface area contributed by atoms with Crippen LogP contribution in [0.2, 0.25) is 0 Å². The lowest BCUT2D eigenvalue weighted by Gasteiger charge is -2.27. The molecule has 1 fully saturated rings. The molecule has 28 heavy (non-hydrogen) atoms. The molecule has 0 bridgehead atoms. The van der Waals surface area contributed by atoms with Crippen molar-refractivity contribution in [2.24, 2.45) is 28.3 Å². The van der Waals surface area contributed by atoms with Gasteiger partial charge in [-0.25, -0.2) is 0 Å². The molecule has 0 saturated heterocycles. The highest BCUT2D eigenvalue weighted by Gasteiger charge is 2.21. The topological polar surface area (TPSA) is 93.5 Å². The van der Waals surface area contributed by atoms with Gasteiger partial charge in [0.25, 0.3) is 0 Å². The average molecular weight is 395 g/mol. The van der Waals surface area contributed by atoms with Crippen LogP contribution in [0.1, 0.15) is 110 Å². The van der Waals surface area contributed by atoms with Crippen LogP contribution in [0, 0.1) is 11.8 Å². The molecule has 0 atom stereocenters. The number of guanidine groups is 1. The zero-order valence-electron chi connectivity index (χ0n) is 18.4. The molecule has 0 radical (unpaired) electrons. The number of carbonyl (C=O) groups excluding carboxylic acids is 1. The van der Waals surface area contributed by atoms with E-state index in [1.54, 1.807) is 0 Å². The molecule has 5 heteroatoms. The molecule has 0 aromatic heterocycles. The van der Waals surface area contributed by atoms with Crippen LogP contribution in [0.15, 0.2) is 4.99 Å². The van der Waals surface area contributed by atoms with E-state index in [9.17, 15) is 4.79 Å². The Balaban J connectivity index is 1.89. The first-order chi connectivity index (χ1) is 13.6. The van der Waals surface area contributed by atoms with Crippen molar-refractivity contribution < 1.29 is 4.79 Å². The number of nitrogens with one attached hydrogen (secondary N) is 1. The second-order valence-electron chi connectivity index (χ2n) is 8.74. The van der Waals surface area contributed by atoms with Crippen LogP contribution in [0.4, 0.5) is 0 Å². The van der Waals surface area contributed by atoms with Crippen molar-refractivity contribution in [3.63, 3.8) is 0 Å². The molecule has 0 aromatic carbocycles. The van der Waals surface area contributed by atoms with Gasteiger partial charge in [-0.15, -0.1) is 0 Å². The lowest BCUT2D eigenvalue weighted by atomic mass is 9.82. The van der Waals surface area contributed by atoms with Gasteiger partial charge >= 0.3 is 0 Å². The molecule has 1 amide bonds. The first-order valence-corrected chi connectivity index (χ1v) is 11.9. The highest BCUT2D eigenvalue weighted by molar-refractivity contribution is 5.76. The summed E-state index contributed by atoms with van der Waals surface area (Å²) in [5, 5.41) is 3.15. The third-order valence-electron chi connectivity index (χ3n) is 6.09. The van der Waals surface area contributed by atoms with Gasteiger partial charge in [-0.1, -0.05) is 71.1 Å². The van der Waals surface area contributed by atoms with Crippen molar-refractivity contribution in [3.8, 4) is 0 Å². The van der Waals surface area contributed by atoms with E-state index in [1.807, 2.05) is 0 Å². The lowest BCUT2D eigenvalue weighted by molar-refractivity contribution is -0.121. The molecule has 0 unspecified atom stereocenters. The fraction of sp³-hybridized carbons (Fsp3) is 0.913. The van der Waals surface area contributed by atoms with Crippen molar-refractivity contribution >= 4 is 11.9 Å². The molecular formula is C23H46N4O. The molecule has 164 valence electrons. The SMILES string of the molecule is CCCCCCCCCCCCCC(=O)NCC1CCC(CN=C(N)N)CC1. The van der Waals surface area contributed by atoms with Crippen LogP contribution in [-0.4, -0.2) is 25.0 Å². The van der Waals surface area contributed by atoms with Gasteiger partial charge in [0.05, 0.1) is 0 Å². The third kappa shape index (κ3) is 13.8. The fourth-order valence-electron chi connectivity index (χ4n) is 4.15. The van der Waals surface area contributed by atoms with Crippen LogP contribution in [0.5, 0.6) is 0 Å². The van der Waals surface area contributed by atoms with Crippen LogP contribution in [0.25, 0.3) is 0 Å². The Bertz CT molecular complexity index is 413. The van der Waals surface area contributed by atoms with Crippen molar-refractivity contribution in [2.45, 2.75) is 110 Å². The quantitative estimate of drug-likeness (QED) is 0.198. The van der Waals surface area contributed by atoms with E-state index in [4.69, 9.17) is 11.5 Å². The second kappa shape index (κ2) is 16.7. The first kappa shape index (κ1) is 24.8. The molecule has 5 N–H and O–H groups in total. The zero-order valence-corrected chi connectivity index (χ0v) is 18.4. The summed E-state index contributed by atoms with van der Waals surface area (Å²) in [4.78, 5) is 16.2. The minimum absolute atomic E-state index is 0.191. The van der Waals surface area contributed by atoms with E-state index in [1.165, 1.54) is 77.0 Å². The van der Waals surface area contributed by atoms with Gasteiger partial charge in [0.2, 0.25) is 5.91 Å². The van der Waals surface area contributed by atoms with Crippen LogP contribution < -0.4 is 16.8 Å². The number of aliphatic imine (C=N–C) groups is 1. The number of amides is 1. The summed E-state index contributed by atoms with van der Waals surface area (Å²) in [5.41, 5.74) is 10.8. The minimum atomic E-state index is 0.191. The predicted molar refractivity (Wildman–Crippen MR) is 120 cm³/mol. The fourth-order valence-corrected chi connectivity index (χ4v) is 4.15. The molecule has 1 rings (SSSR count). The standard InChI is InChI=1S/C23H46N4O/c1-2-3-4-5-6-7-8-9-10-11-12-13-22(28)26-18-20-14-16-21(17-15-20)19-27-23(24)25/h20-21H,2-19H2,1H3,(H,26,28)(H4,24,25,27). The Hall–Kier alpha value is -1.26. The number of rotatable bonds is 16. The van der Waals surface area contributed by atoms with E-state index in [0.717, 1.165) is 32.4 Å². The zero-order chi connectivity index (χ0) is 20.5. The molecular weight excluding hydrogens is 348 g/mol. The number of hydrogen-bond donors (Lipinski definition) is 3. The lowest BCUT2D eigenvalue weighted by Crippen LogP contribution is -2.31. The molecule has 1 aliphatic carbocycles.